The molecule has 6 nitrogen and oxygen atoms in total. The van der Waals surface area contributed by atoms with Gasteiger partial charge in [-0.2, -0.15) is 0 Å². The second-order valence-electron chi connectivity index (χ2n) is 4.50. The van der Waals surface area contributed by atoms with Gasteiger partial charge in [-0.1, -0.05) is 0 Å². The molecule has 17 heavy (non-hydrogen) atoms. The molecule has 0 atom stereocenters. The maximum atomic E-state index is 11.7. The van der Waals surface area contributed by atoms with Crippen molar-refractivity contribution in [3.05, 3.63) is 0 Å². The van der Waals surface area contributed by atoms with Gasteiger partial charge in [0.25, 0.3) is 0 Å². The Morgan fingerprint density at radius 3 is 2.29 bits per heavy atom. The smallest absolute Gasteiger partial charge is 0.410 e. The van der Waals surface area contributed by atoms with Crippen LogP contribution in [0.3, 0.4) is 0 Å². The Morgan fingerprint density at radius 1 is 1.29 bits per heavy atom. The Bertz CT molecular complexity index is 261. The first-order valence-electron chi connectivity index (χ1n) is 5.63. The van der Waals surface area contributed by atoms with Crippen LogP contribution in [0.15, 0.2) is 0 Å². The fourth-order valence-electron chi connectivity index (χ4n) is 1.08. The Labute approximate surface area is 102 Å². The van der Waals surface area contributed by atoms with Gasteiger partial charge in [-0.3, -0.25) is 9.69 Å². The zero-order valence-corrected chi connectivity index (χ0v) is 11.0. The van der Waals surface area contributed by atoms with Gasteiger partial charge >= 0.3 is 12.1 Å². The molecule has 0 heterocycles. The lowest BCUT2D eigenvalue weighted by molar-refractivity contribution is -0.144. The molecular weight excluding hydrogens is 224 g/mol. The van der Waals surface area contributed by atoms with Crippen LogP contribution in [0.4, 0.5) is 4.79 Å². The van der Waals surface area contributed by atoms with Crippen molar-refractivity contribution in [1.82, 2.24) is 4.90 Å². The summed E-state index contributed by atoms with van der Waals surface area (Å²) in [6.45, 7) is 7.65. The zero-order chi connectivity index (χ0) is 13.5. The maximum Gasteiger partial charge on any atom is 0.410 e. The molecule has 0 aromatic rings. The molecule has 0 radical (unpaired) electrons. The highest BCUT2D eigenvalue weighted by Crippen LogP contribution is 2.09. The number of hydrogen-bond donors (Lipinski definition) is 1. The van der Waals surface area contributed by atoms with Crippen LogP contribution in [-0.2, 0) is 14.3 Å². The van der Waals surface area contributed by atoms with E-state index >= 15 is 0 Å². The van der Waals surface area contributed by atoms with Crippen molar-refractivity contribution in [2.24, 2.45) is 5.73 Å². The first-order valence-corrected chi connectivity index (χ1v) is 5.63. The van der Waals surface area contributed by atoms with Gasteiger partial charge < -0.3 is 15.2 Å². The fraction of sp³-hybridized carbons (Fsp3) is 0.818. The minimum atomic E-state index is -0.599. The van der Waals surface area contributed by atoms with Gasteiger partial charge in [0.1, 0.15) is 12.1 Å². The van der Waals surface area contributed by atoms with E-state index in [1.165, 1.54) is 4.90 Å². The summed E-state index contributed by atoms with van der Waals surface area (Å²) in [6, 6.07) is 0. The molecule has 0 rings (SSSR count). The predicted octanol–water partition coefficient (Wildman–Crippen LogP) is 0.745. The number of esters is 1. The molecule has 0 aromatic heterocycles. The highest BCUT2D eigenvalue weighted by molar-refractivity contribution is 5.78. The van der Waals surface area contributed by atoms with Crippen LogP contribution in [-0.4, -0.2) is 48.8 Å². The summed E-state index contributed by atoms with van der Waals surface area (Å²) in [5.41, 5.74) is 4.78. The van der Waals surface area contributed by atoms with Gasteiger partial charge in [-0.25, -0.2) is 4.79 Å². The summed E-state index contributed by atoms with van der Waals surface area (Å²) < 4.78 is 9.92. The number of hydrogen-bond acceptors (Lipinski definition) is 5. The van der Waals surface area contributed by atoms with Crippen molar-refractivity contribution in [3.63, 3.8) is 0 Å². The Balaban J connectivity index is 4.40. The van der Waals surface area contributed by atoms with Crippen LogP contribution in [0, 0.1) is 0 Å². The first-order chi connectivity index (χ1) is 7.80. The summed E-state index contributed by atoms with van der Waals surface area (Å²) in [7, 11) is 0. The summed E-state index contributed by atoms with van der Waals surface area (Å²) in [6.07, 6.45) is -0.559. The topological polar surface area (TPSA) is 81.9 Å². The first kappa shape index (κ1) is 15.7. The molecule has 0 aliphatic heterocycles. The number of carbonyl (C=O) groups is 2. The van der Waals surface area contributed by atoms with Crippen molar-refractivity contribution in [1.29, 1.82) is 0 Å². The molecule has 100 valence electrons. The van der Waals surface area contributed by atoms with Crippen LogP contribution >= 0.6 is 0 Å². The largest absolute Gasteiger partial charge is 0.465 e. The van der Waals surface area contributed by atoms with E-state index in [-0.39, 0.29) is 26.2 Å². The molecule has 0 aliphatic carbocycles. The Kier molecular flexibility index (Phi) is 6.57. The van der Waals surface area contributed by atoms with Crippen molar-refractivity contribution < 1.29 is 19.1 Å². The van der Waals surface area contributed by atoms with E-state index in [1.54, 1.807) is 27.7 Å². The number of amides is 1. The third kappa shape index (κ3) is 7.57. The summed E-state index contributed by atoms with van der Waals surface area (Å²) in [5, 5.41) is 0. The van der Waals surface area contributed by atoms with Crippen LogP contribution in [0.25, 0.3) is 0 Å². The molecule has 1 amide bonds. The molecule has 0 aromatic carbocycles. The zero-order valence-electron chi connectivity index (χ0n) is 11.0. The quantitative estimate of drug-likeness (QED) is 0.724. The number of nitrogens with zero attached hydrogens (tertiary/aromatic N) is 1. The molecule has 0 saturated heterocycles. The van der Waals surface area contributed by atoms with Crippen LogP contribution < -0.4 is 5.73 Å². The van der Waals surface area contributed by atoms with E-state index in [1.807, 2.05) is 0 Å². The van der Waals surface area contributed by atoms with E-state index in [0.29, 0.717) is 0 Å². The average Bonchev–Trinajstić information content (AvgIpc) is 2.14. The van der Waals surface area contributed by atoms with Crippen molar-refractivity contribution >= 4 is 12.1 Å². The summed E-state index contributed by atoms with van der Waals surface area (Å²) in [5.74, 6) is -0.466. The van der Waals surface area contributed by atoms with Crippen LogP contribution in [0.5, 0.6) is 0 Å². The molecular formula is C11H22N2O4. The van der Waals surface area contributed by atoms with E-state index < -0.39 is 17.7 Å². The summed E-state index contributed by atoms with van der Waals surface area (Å²) >= 11 is 0. The molecule has 0 fully saturated rings. The van der Waals surface area contributed by atoms with E-state index in [0.717, 1.165) is 0 Å². The molecule has 0 spiro atoms. The molecule has 0 aliphatic rings. The Hall–Kier alpha value is -1.30. The summed E-state index contributed by atoms with van der Waals surface area (Å²) in [4.78, 5) is 24.3. The second kappa shape index (κ2) is 7.11. The normalized spacial score (nSPS) is 10.9. The van der Waals surface area contributed by atoms with Gasteiger partial charge in [0, 0.05) is 13.1 Å². The van der Waals surface area contributed by atoms with Crippen LogP contribution in [0.2, 0.25) is 0 Å². The predicted molar refractivity (Wildman–Crippen MR) is 63.5 cm³/mol. The van der Waals surface area contributed by atoms with Crippen molar-refractivity contribution in [2.45, 2.75) is 33.3 Å². The lowest BCUT2D eigenvalue weighted by atomic mass is 10.2. The molecule has 0 saturated carbocycles. The minimum Gasteiger partial charge on any atom is -0.465 e. The monoisotopic (exact) mass is 246 g/mol. The highest BCUT2D eigenvalue weighted by Gasteiger charge is 2.23. The number of nitrogens with two attached hydrogens (primary N) is 1. The lowest BCUT2D eigenvalue weighted by Crippen LogP contribution is -2.42. The second-order valence-corrected chi connectivity index (χ2v) is 4.50. The molecule has 2 N–H and O–H groups in total. The molecule has 0 bridgehead atoms. The maximum absolute atomic E-state index is 11.7. The fourth-order valence-corrected chi connectivity index (χ4v) is 1.08. The van der Waals surface area contributed by atoms with Gasteiger partial charge in [0.2, 0.25) is 0 Å². The van der Waals surface area contributed by atoms with Gasteiger partial charge in [0.05, 0.1) is 6.61 Å². The van der Waals surface area contributed by atoms with Gasteiger partial charge in [0.15, 0.2) is 0 Å². The molecule has 0 unspecified atom stereocenters. The Morgan fingerprint density at radius 2 is 1.88 bits per heavy atom. The SMILES string of the molecule is CCOC(=O)CN(CCN)C(=O)OC(C)(C)C. The third-order valence-electron chi connectivity index (χ3n) is 1.68. The molecule has 6 heteroatoms. The van der Waals surface area contributed by atoms with Crippen LogP contribution in [0.1, 0.15) is 27.7 Å². The standard InChI is InChI=1S/C11H22N2O4/c1-5-16-9(14)8-13(7-6-12)10(15)17-11(2,3)4/h5-8,12H2,1-4H3. The van der Waals surface area contributed by atoms with E-state index in [9.17, 15) is 9.59 Å². The average molecular weight is 246 g/mol. The van der Waals surface area contributed by atoms with E-state index in [2.05, 4.69) is 0 Å². The lowest BCUT2D eigenvalue weighted by Gasteiger charge is -2.26. The highest BCUT2D eigenvalue weighted by atomic mass is 16.6. The third-order valence-corrected chi connectivity index (χ3v) is 1.68. The van der Waals surface area contributed by atoms with E-state index in [4.69, 9.17) is 15.2 Å². The van der Waals surface area contributed by atoms with Gasteiger partial charge in [-0.15, -0.1) is 0 Å². The number of rotatable bonds is 5. The number of ether oxygens (including phenoxy) is 2. The van der Waals surface area contributed by atoms with Crippen molar-refractivity contribution in [2.75, 3.05) is 26.2 Å². The minimum absolute atomic E-state index is 0.139. The van der Waals surface area contributed by atoms with Crippen molar-refractivity contribution in [3.8, 4) is 0 Å². The number of carbonyl (C=O) groups excluding carboxylic acids is 2. The van der Waals surface area contributed by atoms with Gasteiger partial charge in [-0.05, 0) is 27.7 Å².